The maximum Gasteiger partial charge on any atom is 0.196 e. The minimum absolute atomic E-state index is 0.0779. The normalized spacial score (nSPS) is 13.9. The highest BCUT2D eigenvalue weighted by Gasteiger charge is 2.33. The zero-order valence-electron chi connectivity index (χ0n) is 14.7. The van der Waals surface area contributed by atoms with Crippen molar-refractivity contribution in [1.82, 2.24) is 0 Å². The molecular formula is C19H22O6. The van der Waals surface area contributed by atoms with Gasteiger partial charge in [-0.3, -0.25) is 9.59 Å². The molecule has 2 rings (SSSR count). The standard InChI is InChI=1S/C16H16O5.C3H6O/c1-8(2)3-4-10(17)9-7-13(20)14-11(18)5-6-12(19)15(14)16(9)21;1-3(2)4/h3,5-7,10,17-19H,4H2,1-2H3;1-2H3/t10-;/m1./s1. The van der Waals surface area contributed by atoms with E-state index in [0.29, 0.717) is 0 Å². The molecule has 0 saturated heterocycles. The lowest BCUT2D eigenvalue weighted by Gasteiger charge is -2.20. The molecule has 1 aliphatic rings. The lowest BCUT2D eigenvalue weighted by molar-refractivity contribution is -0.115. The molecule has 3 N–H and O–H groups in total. The smallest absolute Gasteiger partial charge is 0.196 e. The van der Waals surface area contributed by atoms with E-state index in [9.17, 15) is 29.7 Å². The highest BCUT2D eigenvalue weighted by molar-refractivity contribution is 6.26. The molecule has 0 aliphatic heterocycles. The number of phenolic OH excluding ortho intramolecular Hbond substituents is 2. The molecule has 1 aromatic carbocycles. The predicted octanol–water partition coefficient (Wildman–Crippen LogP) is 2.72. The first kappa shape index (κ1) is 20.3. The van der Waals surface area contributed by atoms with Crippen LogP contribution in [0.15, 0.2) is 35.4 Å². The van der Waals surface area contributed by atoms with E-state index in [2.05, 4.69) is 0 Å². The Morgan fingerprint density at radius 3 is 2.00 bits per heavy atom. The summed E-state index contributed by atoms with van der Waals surface area (Å²) in [6, 6.07) is 2.29. The van der Waals surface area contributed by atoms with Crippen molar-refractivity contribution in [2.24, 2.45) is 0 Å². The zero-order valence-corrected chi connectivity index (χ0v) is 14.7. The van der Waals surface area contributed by atoms with Crippen molar-refractivity contribution in [1.29, 1.82) is 0 Å². The van der Waals surface area contributed by atoms with Crippen LogP contribution in [0.5, 0.6) is 11.5 Å². The van der Waals surface area contributed by atoms with Gasteiger partial charge in [-0.25, -0.2) is 0 Å². The largest absolute Gasteiger partial charge is 0.507 e. The highest BCUT2D eigenvalue weighted by atomic mass is 16.3. The number of carbonyl (C=O) groups is 3. The molecule has 0 spiro atoms. The van der Waals surface area contributed by atoms with Gasteiger partial charge >= 0.3 is 0 Å². The van der Waals surface area contributed by atoms with E-state index < -0.39 is 17.7 Å². The van der Waals surface area contributed by atoms with E-state index in [-0.39, 0.29) is 40.4 Å². The summed E-state index contributed by atoms with van der Waals surface area (Å²) in [5, 5.41) is 29.5. The number of aliphatic hydroxyl groups excluding tert-OH is 1. The van der Waals surface area contributed by atoms with E-state index in [0.717, 1.165) is 23.8 Å². The quantitative estimate of drug-likeness (QED) is 0.573. The Labute approximate surface area is 146 Å². The number of phenols is 2. The summed E-state index contributed by atoms with van der Waals surface area (Å²) in [4.78, 5) is 33.8. The van der Waals surface area contributed by atoms with Crippen molar-refractivity contribution in [2.45, 2.75) is 40.2 Å². The van der Waals surface area contributed by atoms with Crippen molar-refractivity contribution in [3.8, 4) is 11.5 Å². The van der Waals surface area contributed by atoms with Crippen molar-refractivity contribution in [2.75, 3.05) is 0 Å². The average Bonchev–Trinajstić information content (AvgIpc) is 2.50. The highest BCUT2D eigenvalue weighted by Crippen LogP contribution is 2.35. The average molecular weight is 346 g/mol. The zero-order chi connectivity index (χ0) is 19.3. The maximum atomic E-state index is 12.3. The van der Waals surface area contributed by atoms with Crippen LogP contribution in [-0.4, -0.2) is 38.8 Å². The predicted molar refractivity (Wildman–Crippen MR) is 92.9 cm³/mol. The molecule has 0 aromatic heterocycles. The number of hydrogen-bond donors (Lipinski definition) is 3. The third-order valence-corrected chi connectivity index (χ3v) is 3.29. The molecule has 0 saturated carbocycles. The van der Waals surface area contributed by atoms with E-state index >= 15 is 0 Å². The molecule has 25 heavy (non-hydrogen) atoms. The van der Waals surface area contributed by atoms with Crippen LogP contribution in [0.3, 0.4) is 0 Å². The number of aromatic hydroxyl groups is 2. The Hall–Kier alpha value is -2.73. The number of hydrogen-bond acceptors (Lipinski definition) is 6. The van der Waals surface area contributed by atoms with Crippen LogP contribution in [0.25, 0.3) is 0 Å². The first-order valence-electron chi connectivity index (χ1n) is 7.70. The van der Waals surface area contributed by atoms with Gasteiger partial charge in [-0.15, -0.1) is 0 Å². The molecule has 6 heteroatoms. The fourth-order valence-corrected chi connectivity index (χ4v) is 2.21. The maximum absolute atomic E-state index is 12.3. The molecule has 0 unspecified atom stereocenters. The number of carbonyl (C=O) groups excluding carboxylic acids is 3. The molecular weight excluding hydrogens is 324 g/mol. The summed E-state index contributed by atoms with van der Waals surface area (Å²) in [5.74, 6) is -1.84. The minimum atomic E-state index is -1.13. The fraction of sp³-hybridized carbons (Fsp3) is 0.316. The molecule has 0 heterocycles. The van der Waals surface area contributed by atoms with Gasteiger partial charge in [0.1, 0.15) is 17.3 Å². The van der Waals surface area contributed by atoms with Gasteiger partial charge in [-0.05, 0) is 52.3 Å². The van der Waals surface area contributed by atoms with Crippen LogP contribution in [-0.2, 0) is 4.79 Å². The molecule has 6 nitrogen and oxygen atoms in total. The Morgan fingerprint density at radius 1 is 1.04 bits per heavy atom. The van der Waals surface area contributed by atoms with E-state index in [1.54, 1.807) is 6.08 Å². The van der Waals surface area contributed by atoms with Gasteiger partial charge in [0.05, 0.1) is 17.2 Å². The third kappa shape index (κ3) is 5.12. The van der Waals surface area contributed by atoms with Crippen LogP contribution in [0.4, 0.5) is 0 Å². The second kappa shape index (κ2) is 8.39. The van der Waals surface area contributed by atoms with Crippen LogP contribution in [0.2, 0.25) is 0 Å². The Bertz CT molecular complexity index is 762. The van der Waals surface area contributed by atoms with Gasteiger partial charge in [-0.1, -0.05) is 11.6 Å². The SMILES string of the molecule is CC(C)=CC[C@@H](O)C1=CC(=O)c2c(O)ccc(O)c2C1=O.CC(C)=O. The van der Waals surface area contributed by atoms with Gasteiger partial charge < -0.3 is 20.1 Å². The van der Waals surface area contributed by atoms with Crippen LogP contribution in [0, 0.1) is 0 Å². The monoisotopic (exact) mass is 346 g/mol. The van der Waals surface area contributed by atoms with Gasteiger partial charge in [-0.2, -0.15) is 0 Å². The second-order valence-corrected chi connectivity index (χ2v) is 6.09. The van der Waals surface area contributed by atoms with Crippen LogP contribution >= 0.6 is 0 Å². The van der Waals surface area contributed by atoms with E-state index in [4.69, 9.17) is 0 Å². The lowest BCUT2D eigenvalue weighted by atomic mass is 9.85. The number of benzene rings is 1. The van der Waals surface area contributed by atoms with Crippen molar-refractivity contribution in [3.05, 3.63) is 46.6 Å². The lowest BCUT2D eigenvalue weighted by Crippen LogP contribution is -2.25. The van der Waals surface area contributed by atoms with Crippen LogP contribution in [0.1, 0.15) is 54.8 Å². The second-order valence-electron chi connectivity index (χ2n) is 6.09. The molecule has 1 aliphatic carbocycles. The summed E-state index contributed by atoms with van der Waals surface area (Å²) in [7, 11) is 0. The summed E-state index contributed by atoms with van der Waals surface area (Å²) in [6.45, 7) is 6.77. The number of ketones is 3. The van der Waals surface area contributed by atoms with Crippen LogP contribution < -0.4 is 0 Å². The summed E-state index contributed by atoms with van der Waals surface area (Å²) in [6.07, 6.45) is 1.84. The Balaban J connectivity index is 0.000000705. The van der Waals surface area contributed by atoms with Crippen molar-refractivity contribution < 1.29 is 29.7 Å². The molecule has 0 bridgehead atoms. The van der Waals surface area contributed by atoms with Gasteiger partial charge in [0.25, 0.3) is 0 Å². The molecule has 0 fully saturated rings. The summed E-state index contributed by atoms with van der Waals surface area (Å²) in [5.41, 5.74) is 0.419. The minimum Gasteiger partial charge on any atom is -0.507 e. The number of aliphatic hydroxyl groups is 1. The third-order valence-electron chi connectivity index (χ3n) is 3.29. The summed E-state index contributed by atoms with van der Waals surface area (Å²) >= 11 is 0. The van der Waals surface area contributed by atoms with Gasteiger partial charge in [0.15, 0.2) is 11.6 Å². The number of allylic oxidation sites excluding steroid dienone is 2. The molecule has 134 valence electrons. The molecule has 0 radical (unpaired) electrons. The number of rotatable bonds is 3. The molecule has 0 amide bonds. The topological polar surface area (TPSA) is 112 Å². The van der Waals surface area contributed by atoms with Crippen molar-refractivity contribution >= 4 is 17.3 Å². The van der Waals surface area contributed by atoms with E-state index in [1.807, 2.05) is 13.8 Å². The first-order chi connectivity index (χ1) is 11.6. The molecule has 1 atom stereocenters. The number of Topliss-reactive ketones (excluding diaryl/α,β-unsaturated/α-hetero) is 2. The van der Waals surface area contributed by atoms with Gasteiger partial charge in [0.2, 0.25) is 0 Å². The van der Waals surface area contributed by atoms with Crippen molar-refractivity contribution in [3.63, 3.8) is 0 Å². The first-order valence-corrected chi connectivity index (χ1v) is 7.70. The fourth-order valence-electron chi connectivity index (χ4n) is 2.21. The van der Waals surface area contributed by atoms with E-state index in [1.165, 1.54) is 13.8 Å². The van der Waals surface area contributed by atoms with Gasteiger partial charge in [0, 0.05) is 5.57 Å². The Morgan fingerprint density at radius 2 is 1.52 bits per heavy atom. The summed E-state index contributed by atoms with van der Waals surface area (Å²) < 4.78 is 0. The molecule has 1 aromatic rings. The Kier molecular flexibility index (Phi) is 6.82. The number of fused-ring (bicyclic) bond motifs is 1.